The van der Waals surface area contributed by atoms with E-state index in [1.54, 1.807) is 18.2 Å². The third-order valence-corrected chi connectivity index (χ3v) is 7.49. The van der Waals surface area contributed by atoms with Gasteiger partial charge in [-0.25, -0.2) is 0 Å². The molecule has 1 aliphatic rings. The van der Waals surface area contributed by atoms with Gasteiger partial charge in [0.1, 0.15) is 0 Å². The summed E-state index contributed by atoms with van der Waals surface area (Å²) in [5.74, 6) is -0.773. The van der Waals surface area contributed by atoms with Gasteiger partial charge in [-0.1, -0.05) is 0 Å². The van der Waals surface area contributed by atoms with Crippen LogP contribution in [0.2, 0.25) is 4.82 Å². The molecule has 27 heavy (non-hydrogen) atoms. The number of carbonyl (C=O) groups excluding carboxylic acids is 1. The maximum atomic E-state index is 12.9. The number of azide groups is 1. The van der Waals surface area contributed by atoms with E-state index in [4.69, 9.17) is 5.53 Å². The second kappa shape index (κ2) is 7.91. The van der Waals surface area contributed by atoms with E-state index < -0.39 is 54.0 Å². The van der Waals surface area contributed by atoms with Crippen molar-refractivity contribution in [2.45, 2.75) is 21.9 Å². The van der Waals surface area contributed by atoms with Crippen LogP contribution in [0.1, 0.15) is 15.3 Å². The third kappa shape index (κ3) is 3.46. The van der Waals surface area contributed by atoms with E-state index in [2.05, 4.69) is 10.0 Å². The molecule has 2 aromatic rings. The van der Waals surface area contributed by atoms with Gasteiger partial charge in [-0.15, -0.1) is 0 Å². The van der Waals surface area contributed by atoms with Crippen molar-refractivity contribution in [1.29, 1.82) is 0 Å². The van der Waals surface area contributed by atoms with Crippen molar-refractivity contribution < 1.29 is 15.0 Å². The first kappa shape index (κ1) is 19.1. The molecule has 10 nitrogen and oxygen atoms in total. The Bertz CT molecular complexity index is 1010. The Morgan fingerprint density at radius 3 is 2.59 bits per heavy atom. The fourth-order valence-electron chi connectivity index (χ4n) is 2.88. The first-order valence-corrected chi connectivity index (χ1v) is 9.90. The van der Waals surface area contributed by atoms with E-state index in [0.29, 0.717) is 4.57 Å². The molecule has 0 aliphatic carbocycles. The van der Waals surface area contributed by atoms with E-state index in [1.807, 2.05) is 0 Å². The summed E-state index contributed by atoms with van der Waals surface area (Å²) in [4.78, 5) is 39.1. The summed E-state index contributed by atoms with van der Waals surface area (Å²) in [7, 11) is 0. The Kier molecular flexibility index (Phi) is 5.59. The van der Waals surface area contributed by atoms with E-state index in [0.717, 1.165) is 10.6 Å². The van der Waals surface area contributed by atoms with Gasteiger partial charge in [0, 0.05) is 0 Å². The van der Waals surface area contributed by atoms with Crippen molar-refractivity contribution in [3.8, 4) is 0 Å². The van der Waals surface area contributed by atoms with Crippen LogP contribution in [0.15, 0.2) is 57.3 Å². The van der Waals surface area contributed by atoms with Gasteiger partial charge in [0.2, 0.25) is 0 Å². The van der Waals surface area contributed by atoms with Gasteiger partial charge in [-0.05, 0) is 0 Å². The molecule has 0 radical (unpaired) electrons. The van der Waals surface area contributed by atoms with Gasteiger partial charge in [0.05, 0.1) is 0 Å². The monoisotopic (exact) mass is 437 g/mol. The molecule has 140 valence electrons. The zero-order valence-corrected chi connectivity index (χ0v) is 15.5. The number of aromatic nitrogens is 2. The number of carbonyl (C=O) groups is 1. The third-order valence-electron chi connectivity index (χ3n) is 4.21. The van der Waals surface area contributed by atoms with Crippen molar-refractivity contribution in [2.75, 3.05) is 6.61 Å². The number of aliphatic hydroxyl groups is 2. The number of aliphatic hydroxyl groups excluding tert-OH is 2. The SMILES string of the molecule is [N-]=[N+]=NC1C(O)[C@@H](CO)[Se][C@H]1n1ccc(=O)n(C(=O)c2ccccc2)c1=O. The summed E-state index contributed by atoms with van der Waals surface area (Å²) in [5.41, 5.74) is 7.28. The van der Waals surface area contributed by atoms with Crippen molar-refractivity contribution in [1.82, 2.24) is 9.13 Å². The molecule has 0 amide bonds. The molecule has 2 heterocycles. The Hall–Kier alpha value is -2.68. The quantitative estimate of drug-likeness (QED) is 0.293. The van der Waals surface area contributed by atoms with E-state index in [9.17, 15) is 24.6 Å². The Balaban J connectivity index is 2.11. The topological polar surface area (TPSA) is 150 Å². The van der Waals surface area contributed by atoms with E-state index in [-0.39, 0.29) is 12.2 Å². The second-order valence-corrected chi connectivity index (χ2v) is 8.64. The number of benzene rings is 1. The molecule has 11 heteroatoms. The summed E-state index contributed by atoms with van der Waals surface area (Å²) in [6.07, 6.45) is 0.103. The van der Waals surface area contributed by atoms with Gasteiger partial charge in [-0.2, -0.15) is 0 Å². The average molecular weight is 436 g/mol. The van der Waals surface area contributed by atoms with Crippen molar-refractivity contribution in [3.63, 3.8) is 0 Å². The summed E-state index contributed by atoms with van der Waals surface area (Å²) in [6, 6.07) is 7.98. The van der Waals surface area contributed by atoms with Crippen LogP contribution in [0, 0.1) is 0 Å². The summed E-state index contributed by atoms with van der Waals surface area (Å²) < 4.78 is 1.64. The molecule has 0 spiro atoms. The summed E-state index contributed by atoms with van der Waals surface area (Å²) >= 11 is -0.505. The molecule has 2 N–H and O–H groups in total. The molecular formula is C16H15N5O5Se. The molecule has 1 aromatic heterocycles. The molecule has 1 aromatic carbocycles. The van der Waals surface area contributed by atoms with Crippen LogP contribution < -0.4 is 11.2 Å². The number of hydrogen-bond acceptors (Lipinski definition) is 6. The Morgan fingerprint density at radius 1 is 1.26 bits per heavy atom. The first-order valence-electron chi connectivity index (χ1n) is 7.92. The molecule has 2 unspecified atom stereocenters. The molecule has 1 aliphatic heterocycles. The first-order chi connectivity index (χ1) is 13.0. The van der Waals surface area contributed by atoms with Gasteiger partial charge >= 0.3 is 158 Å². The van der Waals surface area contributed by atoms with Crippen LogP contribution in [0.5, 0.6) is 0 Å². The predicted molar refractivity (Wildman–Crippen MR) is 95.7 cm³/mol. The van der Waals surface area contributed by atoms with Crippen LogP contribution in [-0.4, -0.2) is 59.0 Å². The van der Waals surface area contributed by atoms with Crippen molar-refractivity contribution in [2.24, 2.45) is 5.11 Å². The standard InChI is InChI=1S/C16H15N5O5Se/c17-19-18-12-13(24)10(8-22)27-15(12)20-7-6-11(23)21(16(20)26)14(25)9-4-2-1-3-5-9/h1-7,10,12-13,15,22,24H,8H2/t10-,12?,13?,15-/m1/s1. The second-order valence-electron chi connectivity index (χ2n) is 5.78. The van der Waals surface area contributed by atoms with Crippen LogP contribution in [-0.2, 0) is 0 Å². The minimum absolute atomic E-state index is 0.172. The van der Waals surface area contributed by atoms with Crippen LogP contribution >= 0.6 is 0 Å². The maximum absolute atomic E-state index is 12.9. The number of nitrogens with zero attached hydrogens (tertiary/aromatic N) is 5. The van der Waals surface area contributed by atoms with Gasteiger partial charge in [0.25, 0.3) is 0 Å². The Morgan fingerprint density at radius 2 is 1.96 bits per heavy atom. The van der Waals surface area contributed by atoms with Crippen LogP contribution in [0.25, 0.3) is 10.4 Å². The fraction of sp³-hybridized carbons (Fsp3) is 0.312. The average Bonchev–Trinajstić information content (AvgIpc) is 2.98. The van der Waals surface area contributed by atoms with Crippen molar-refractivity contribution in [3.05, 3.63) is 79.4 Å². The van der Waals surface area contributed by atoms with Crippen LogP contribution in [0.4, 0.5) is 0 Å². The predicted octanol–water partition coefficient (Wildman–Crippen LogP) is -0.265. The zero-order valence-electron chi connectivity index (χ0n) is 13.8. The Labute approximate surface area is 158 Å². The molecule has 3 rings (SSSR count). The van der Waals surface area contributed by atoms with E-state index in [1.165, 1.54) is 18.3 Å². The number of rotatable bonds is 4. The molecule has 0 saturated carbocycles. The van der Waals surface area contributed by atoms with Gasteiger partial charge in [0.15, 0.2) is 0 Å². The molecule has 1 fully saturated rings. The molecule has 0 bridgehead atoms. The normalized spacial score (nSPS) is 24.4. The fourth-order valence-corrected chi connectivity index (χ4v) is 5.89. The number of hydrogen-bond donors (Lipinski definition) is 2. The zero-order chi connectivity index (χ0) is 19.6. The van der Waals surface area contributed by atoms with Crippen molar-refractivity contribution >= 4 is 20.9 Å². The summed E-state index contributed by atoms with van der Waals surface area (Å²) in [5, 5.41) is 23.2. The molecule has 1 saturated heterocycles. The van der Waals surface area contributed by atoms with E-state index >= 15 is 0 Å². The minimum atomic E-state index is -1.12. The molecular weight excluding hydrogens is 421 g/mol. The van der Waals surface area contributed by atoms with Crippen LogP contribution in [0.3, 0.4) is 0 Å². The summed E-state index contributed by atoms with van der Waals surface area (Å²) in [6.45, 7) is -0.327. The van der Waals surface area contributed by atoms with Gasteiger partial charge < -0.3 is 0 Å². The van der Waals surface area contributed by atoms with Gasteiger partial charge in [-0.3, -0.25) is 0 Å². The molecule has 4 atom stereocenters.